The Morgan fingerprint density at radius 1 is 1.16 bits per heavy atom. The molecule has 8 heteroatoms. The van der Waals surface area contributed by atoms with E-state index >= 15 is 0 Å². The lowest BCUT2D eigenvalue weighted by Gasteiger charge is -2.26. The van der Waals surface area contributed by atoms with Gasteiger partial charge in [-0.25, -0.2) is 0 Å². The quantitative estimate of drug-likeness (QED) is 0.363. The van der Waals surface area contributed by atoms with Crippen molar-refractivity contribution in [3.63, 3.8) is 0 Å². The second-order valence-corrected chi connectivity index (χ2v) is 8.21. The molecular formula is C23H24BrNO6. The van der Waals surface area contributed by atoms with Crippen molar-refractivity contribution in [2.45, 2.75) is 19.9 Å². The average Bonchev–Trinajstić information content (AvgIpc) is 3.00. The van der Waals surface area contributed by atoms with Crippen LogP contribution in [0.25, 0.3) is 5.76 Å². The van der Waals surface area contributed by atoms with Gasteiger partial charge in [0.15, 0.2) is 11.5 Å². The molecule has 31 heavy (non-hydrogen) atoms. The summed E-state index contributed by atoms with van der Waals surface area (Å²) >= 11 is 3.29. The van der Waals surface area contributed by atoms with E-state index in [4.69, 9.17) is 9.47 Å². The molecule has 1 fully saturated rings. The number of Topliss-reactive ketones (excluding diaryl/α,β-unsaturated/α-hetero) is 1. The Morgan fingerprint density at radius 3 is 2.52 bits per heavy atom. The summed E-state index contributed by atoms with van der Waals surface area (Å²) in [4.78, 5) is 27.3. The first kappa shape index (κ1) is 22.8. The number of hydrogen-bond donors (Lipinski definition) is 2. The van der Waals surface area contributed by atoms with Gasteiger partial charge in [0.1, 0.15) is 5.76 Å². The second kappa shape index (κ2) is 9.11. The van der Waals surface area contributed by atoms with Crippen LogP contribution < -0.4 is 4.74 Å². The van der Waals surface area contributed by atoms with E-state index < -0.39 is 17.7 Å². The molecule has 1 amide bonds. The predicted octanol–water partition coefficient (Wildman–Crippen LogP) is 3.85. The summed E-state index contributed by atoms with van der Waals surface area (Å²) in [5.74, 6) is -1.67. The number of ether oxygens (including phenoxy) is 2. The van der Waals surface area contributed by atoms with Crippen LogP contribution in [0.15, 0.2) is 40.4 Å². The molecule has 0 aliphatic carbocycles. The van der Waals surface area contributed by atoms with Crippen molar-refractivity contribution in [3.8, 4) is 11.5 Å². The number of halogens is 1. The van der Waals surface area contributed by atoms with Gasteiger partial charge >= 0.3 is 0 Å². The summed E-state index contributed by atoms with van der Waals surface area (Å²) < 4.78 is 10.7. The Balaban J connectivity index is 2.28. The zero-order valence-corrected chi connectivity index (χ0v) is 19.3. The number of aliphatic hydroxyl groups is 1. The van der Waals surface area contributed by atoms with Crippen molar-refractivity contribution < 1.29 is 29.3 Å². The number of phenols is 1. The fraction of sp³-hybridized carbons (Fsp3) is 0.304. The smallest absolute Gasteiger partial charge is 0.295 e. The SMILES string of the molecule is COCCN1C(=O)C(=O)C(=C(O)c2cc(C)ccc2C)C1c1cc(Br)c(O)c(OC)c1. The molecule has 1 unspecified atom stereocenters. The molecule has 1 aliphatic heterocycles. The third-order valence-electron chi connectivity index (χ3n) is 5.31. The lowest BCUT2D eigenvalue weighted by Crippen LogP contribution is -2.32. The summed E-state index contributed by atoms with van der Waals surface area (Å²) in [6.45, 7) is 4.07. The maximum absolute atomic E-state index is 13.0. The van der Waals surface area contributed by atoms with Crippen LogP contribution in [0.4, 0.5) is 0 Å². The van der Waals surface area contributed by atoms with Crippen LogP contribution in [0, 0.1) is 13.8 Å². The summed E-state index contributed by atoms with van der Waals surface area (Å²) in [5.41, 5.74) is 2.65. The zero-order valence-electron chi connectivity index (χ0n) is 17.7. The van der Waals surface area contributed by atoms with Gasteiger partial charge in [-0.15, -0.1) is 0 Å². The highest BCUT2D eigenvalue weighted by atomic mass is 79.9. The molecule has 3 rings (SSSR count). The van der Waals surface area contributed by atoms with Gasteiger partial charge in [-0.3, -0.25) is 9.59 Å². The van der Waals surface area contributed by atoms with E-state index in [9.17, 15) is 19.8 Å². The largest absolute Gasteiger partial charge is 0.507 e. The lowest BCUT2D eigenvalue weighted by molar-refractivity contribution is -0.140. The van der Waals surface area contributed by atoms with E-state index in [1.807, 2.05) is 26.0 Å². The number of amides is 1. The number of aromatic hydroxyl groups is 1. The van der Waals surface area contributed by atoms with Crippen LogP contribution >= 0.6 is 15.9 Å². The molecule has 164 valence electrons. The summed E-state index contributed by atoms with van der Waals surface area (Å²) in [6, 6.07) is 7.80. The van der Waals surface area contributed by atoms with E-state index in [2.05, 4.69) is 15.9 Å². The molecule has 2 aromatic carbocycles. The number of hydrogen-bond acceptors (Lipinski definition) is 6. The summed E-state index contributed by atoms with van der Waals surface area (Å²) in [5, 5.41) is 21.4. The first-order chi connectivity index (χ1) is 14.7. The fourth-order valence-electron chi connectivity index (χ4n) is 3.69. The van der Waals surface area contributed by atoms with E-state index in [1.54, 1.807) is 18.2 Å². The molecule has 1 saturated heterocycles. The van der Waals surface area contributed by atoms with Crippen LogP contribution in [0.5, 0.6) is 11.5 Å². The Hall–Kier alpha value is -2.84. The van der Waals surface area contributed by atoms with Crippen LogP contribution in [0.1, 0.15) is 28.3 Å². The summed E-state index contributed by atoms with van der Waals surface area (Å²) in [7, 11) is 2.91. The zero-order chi connectivity index (χ0) is 22.9. The van der Waals surface area contributed by atoms with Gasteiger partial charge in [0.25, 0.3) is 11.7 Å². The molecule has 2 aromatic rings. The van der Waals surface area contributed by atoms with Crippen LogP contribution in [0.3, 0.4) is 0 Å². The Kier molecular flexibility index (Phi) is 6.71. The Labute approximate surface area is 189 Å². The molecule has 1 atom stereocenters. The van der Waals surface area contributed by atoms with Gasteiger partial charge < -0.3 is 24.6 Å². The van der Waals surface area contributed by atoms with Crippen molar-refractivity contribution in [1.82, 2.24) is 4.90 Å². The number of rotatable bonds is 6. The maximum Gasteiger partial charge on any atom is 0.295 e. The maximum atomic E-state index is 13.0. The summed E-state index contributed by atoms with van der Waals surface area (Å²) in [6.07, 6.45) is 0. The third kappa shape index (κ3) is 4.18. The number of aliphatic hydroxyl groups excluding tert-OH is 1. The number of nitrogens with zero attached hydrogens (tertiary/aromatic N) is 1. The van der Waals surface area contributed by atoms with Crippen LogP contribution in [-0.2, 0) is 14.3 Å². The van der Waals surface area contributed by atoms with E-state index in [1.165, 1.54) is 19.1 Å². The standard InChI is InChI=1S/C23H24BrNO6/c1-12-5-6-13(2)15(9-12)20(26)18-19(25(7-8-30-3)23(29)22(18)28)14-10-16(24)21(27)17(11-14)31-4/h5-6,9-11,19,26-27H,7-8H2,1-4H3. The molecule has 0 radical (unpaired) electrons. The van der Waals surface area contributed by atoms with Crippen LogP contribution in [0.2, 0.25) is 0 Å². The van der Waals surface area contributed by atoms with Gasteiger partial charge in [-0.05, 0) is 59.1 Å². The molecule has 0 aromatic heterocycles. The molecule has 0 spiro atoms. The van der Waals surface area contributed by atoms with Gasteiger partial charge in [0.05, 0.1) is 29.8 Å². The number of benzene rings is 2. The monoisotopic (exact) mass is 489 g/mol. The van der Waals surface area contributed by atoms with Gasteiger partial charge in [-0.1, -0.05) is 17.7 Å². The predicted molar refractivity (Wildman–Crippen MR) is 119 cm³/mol. The van der Waals surface area contributed by atoms with Crippen molar-refractivity contribution in [3.05, 3.63) is 62.6 Å². The minimum absolute atomic E-state index is 0.0190. The number of likely N-dealkylation sites (tertiary alicyclic amines) is 1. The topological polar surface area (TPSA) is 96.3 Å². The van der Waals surface area contributed by atoms with E-state index in [0.29, 0.717) is 15.6 Å². The van der Waals surface area contributed by atoms with Gasteiger partial charge in [-0.2, -0.15) is 0 Å². The average molecular weight is 490 g/mol. The van der Waals surface area contributed by atoms with Gasteiger partial charge in [0.2, 0.25) is 0 Å². The third-order valence-corrected chi connectivity index (χ3v) is 5.92. The highest BCUT2D eigenvalue weighted by Crippen LogP contribution is 2.44. The van der Waals surface area contributed by atoms with Crippen molar-refractivity contribution in [1.29, 1.82) is 0 Å². The van der Waals surface area contributed by atoms with Crippen molar-refractivity contribution in [2.24, 2.45) is 0 Å². The molecular weight excluding hydrogens is 466 g/mol. The van der Waals surface area contributed by atoms with Crippen LogP contribution in [-0.4, -0.2) is 54.2 Å². The highest BCUT2D eigenvalue weighted by molar-refractivity contribution is 9.10. The minimum Gasteiger partial charge on any atom is -0.507 e. The number of carbonyl (C=O) groups excluding carboxylic acids is 2. The van der Waals surface area contributed by atoms with Crippen molar-refractivity contribution in [2.75, 3.05) is 27.4 Å². The second-order valence-electron chi connectivity index (χ2n) is 7.36. The van der Waals surface area contributed by atoms with Crippen molar-refractivity contribution >= 4 is 33.4 Å². The van der Waals surface area contributed by atoms with Gasteiger partial charge in [0, 0.05) is 19.2 Å². The first-order valence-electron chi connectivity index (χ1n) is 9.62. The molecule has 1 aliphatic rings. The Morgan fingerprint density at radius 2 is 1.87 bits per heavy atom. The number of carbonyl (C=O) groups is 2. The number of aryl methyl sites for hydroxylation is 2. The molecule has 1 heterocycles. The van der Waals surface area contributed by atoms with E-state index in [-0.39, 0.29) is 36.0 Å². The Bertz CT molecular complexity index is 1080. The normalized spacial score (nSPS) is 18.0. The highest BCUT2D eigenvalue weighted by Gasteiger charge is 2.46. The fourth-order valence-corrected chi connectivity index (χ4v) is 4.15. The molecule has 0 saturated carbocycles. The molecule has 0 bridgehead atoms. The number of phenolic OH excluding ortho intramolecular Hbond substituents is 1. The lowest BCUT2D eigenvalue weighted by atomic mass is 9.93. The number of ketones is 1. The minimum atomic E-state index is -0.874. The number of methoxy groups -OCH3 is 2. The molecule has 2 N–H and O–H groups in total. The molecule has 7 nitrogen and oxygen atoms in total. The first-order valence-corrected chi connectivity index (χ1v) is 10.4. The van der Waals surface area contributed by atoms with E-state index in [0.717, 1.165) is 11.1 Å².